The maximum Gasteiger partial charge on any atom is 0.258 e. The van der Waals surface area contributed by atoms with Gasteiger partial charge in [0.05, 0.1) is 0 Å². The van der Waals surface area contributed by atoms with Crippen molar-refractivity contribution in [2.45, 2.75) is 25.9 Å². The number of amides is 2. The van der Waals surface area contributed by atoms with E-state index in [1.54, 1.807) is 24.0 Å². The lowest BCUT2D eigenvalue weighted by Gasteiger charge is -2.35. The summed E-state index contributed by atoms with van der Waals surface area (Å²) in [5.41, 5.74) is 0. The zero-order valence-corrected chi connectivity index (χ0v) is 13.0. The second kappa shape index (κ2) is 7.79. The Morgan fingerprint density at radius 1 is 1.41 bits per heavy atom. The third-order valence-electron chi connectivity index (χ3n) is 3.65. The molecule has 1 aromatic carbocycles. The number of carbonyl (C=O) groups excluding carboxylic acids is 2. The smallest absolute Gasteiger partial charge is 0.258 e. The fraction of sp³-hybridized carbons (Fsp3) is 0.500. The average Bonchev–Trinajstić information content (AvgIpc) is 2.53. The maximum absolute atomic E-state index is 12.4. The van der Waals surface area contributed by atoms with Crippen molar-refractivity contribution in [1.82, 2.24) is 15.5 Å². The van der Waals surface area contributed by atoms with Crippen LogP contribution < -0.4 is 15.4 Å². The van der Waals surface area contributed by atoms with Crippen LogP contribution in [0.4, 0.5) is 0 Å². The second-order valence-electron chi connectivity index (χ2n) is 5.48. The average molecular weight is 305 g/mol. The Kier molecular flexibility index (Phi) is 5.77. The van der Waals surface area contributed by atoms with Crippen LogP contribution in [0.5, 0.6) is 5.75 Å². The van der Waals surface area contributed by atoms with Crippen LogP contribution in [-0.2, 0) is 9.59 Å². The molecule has 1 aromatic rings. The van der Waals surface area contributed by atoms with Crippen LogP contribution in [0.1, 0.15) is 13.8 Å². The highest BCUT2D eigenvalue weighted by molar-refractivity contribution is 5.88. The molecule has 2 rings (SSSR count). The predicted octanol–water partition coefficient (Wildman–Crippen LogP) is 0.390. The number of piperazine rings is 1. The van der Waals surface area contributed by atoms with E-state index in [9.17, 15) is 9.59 Å². The van der Waals surface area contributed by atoms with E-state index >= 15 is 0 Å². The number of ether oxygens (including phenoxy) is 1. The molecule has 6 nitrogen and oxygen atoms in total. The minimum atomic E-state index is -0.549. The minimum absolute atomic E-state index is 0.0536. The van der Waals surface area contributed by atoms with Crippen LogP contribution in [0, 0.1) is 0 Å². The third-order valence-corrected chi connectivity index (χ3v) is 3.65. The summed E-state index contributed by atoms with van der Waals surface area (Å²) in [6, 6.07) is 8.71. The monoisotopic (exact) mass is 305 g/mol. The van der Waals surface area contributed by atoms with E-state index in [2.05, 4.69) is 10.6 Å². The van der Waals surface area contributed by atoms with Crippen molar-refractivity contribution in [2.75, 3.05) is 26.2 Å². The predicted molar refractivity (Wildman–Crippen MR) is 83.6 cm³/mol. The van der Waals surface area contributed by atoms with E-state index in [1.807, 2.05) is 25.1 Å². The molecule has 2 atom stereocenters. The molecular weight excluding hydrogens is 282 g/mol. The highest BCUT2D eigenvalue weighted by Crippen LogP contribution is 2.08. The van der Waals surface area contributed by atoms with E-state index < -0.39 is 6.04 Å². The molecule has 0 aliphatic carbocycles. The van der Waals surface area contributed by atoms with Gasteiger partial charge in [0.15, 0.2) is 6.61 Å². The fourth-order valence-electron chi connectivity index (χ4n) is 2.43. The highest BCUT2D eigenvalue weighted by atomic mass is 16.5. The molecule has 2 amide bonds. The Morgan fingerprint density at radius 3 is 2.82 bits per heavy atom. The fourth-order valence-corrected chi connectivity index (χ4v) is 2.43. The lowest BCUT2D eigenvalue weighted by atomic mass is 10.1. The van der Waals surface area contributed by atoms with Gasteiger partial charge in [-0.1, -0.05) is 18.2 Å². The number of hydrogen-bond donors (Lipinski definition) is 2. The maximum atomic E-state index is 12.4. The van der Waals surface area contributed by atoms with Crippen molar-refractivity contribution < 1.29 is 14.3 Å². The molecule has 1 aliphatic rings. The first-order valence-electron chi connectivity index (χ1n) is 7.56. The Bertz CT molecular complexity index is 507. The molecule has 0 bridgehead atoms. The van der Waals surface area contributed by atoms with Crippen LogP contribution in [0.3, 0.4) is 0 Å². The lowest BCUT2D eigenvalue weighted by molar-refractivity contribution is -0.138. The first kappa shape index (κ1) is 16.3. The first-order valence-corrected chi connectivity index (χ1v) is 7.56. The van der Waals surface area contributed by atoms with Crippen LogP contribution >= 0.6 is 0 Å². The minimum Gasteiger partial charge on any atom is -0.484 e. The number of hydrogen-bond acceptors (Lipinski definition) is 4. The molecule has 1 saturated heterocycles. The van der Waals surface area contributed by atoms with Crippen LogP contribution in [0.25, 0.3) is 0 Å². The molecule has 2 N–H and O–H groups in total. The molecule has 22 heavy (non-hydrogen) atoms. The number of benzene rings is 1. The molecule has 0 aromatic heterocycles. The van der Waals surface area contributed by atoms with Gasteiger partial charge in [-0.2, -0.15) is 0 Å². The summed E-state index contributed by atoms with van der Waals surface area (Å²) in [7, 11) is 0. The quantitative estimate of drug-likeness (QED) is 0.825. The Labute approximate surface area is 130 Å². The second-order valence-corrected chi connectivity index (χ2v) is 5.48. The summed E-state index contributed by atoms with van der Waals surface area (Å²) in [4.78, 5) is 26.0. The standard InChI is InChI=1S/C16H23N3O3/c1-12-10-17-8-9-19(12)16(21)13(2)18-15(20)11-22-14-6-4-3-5-7-14/h3-7,12-13,17H,8-11H2,1-2H3,(H,18,20)/t12-,13?/m0/s1. The molecule has 0 radical (unpaired) electrons. The molecule has 120 valence electrons. The number of nitrogens with zero attached hydrogens (tertiary/aromatic N) is 1. The van der Waals surface area contributed by atoms with Crippen molar-refractivity contribution in [1.29, 1.82) is 0 Å². The zero-order valence-electron chi connectivity index (χ0n) is 13.0. The van der Waals surface area contributed by atoms with Gasteiger partial charge in [0, 0.05) is 25.7 Å². The van der Waals surface area contributed by atoms with Gasteiger partial charge in [0.2, 0.25) is 5.91 Å². The molecule has 6 heteroatoms. The lowest BCUT2D eigenvalue weighted by Crippen LogP contribution is -2.57. The van der Waals surface area contributed by atoms with Gasteiger partial charge in [-0.15, -0.1) is 0 Å². The summed E-state index contributed by atoms with van der Waals surface area (Å²) in [6.07, 6.45) is 0. The highest BCUT2D eigenvalue weighted by Gasteiger charge is 2.27. The van der Waals surface area contributed by atoms with Gasteiger partial charge in [0.1, 0.15) is 11.8 Å². The van der Waals surface area contributed by atoms with Gasteiger partial charge in [-0.25, -0.2) is 0 Å². The molecule has 0 saturated carbocycles. The van der Waals surface area contributed by atoms with E-state index in [1.165, 1.54) is 0 Å². The van der Waals surface area contributed by atoms with Gasteiger partial charge in [0.25, 0.3) is 5.91 Å². The molecule has 0 spiro atoms. The van der Waals surface area contributed by atoms with E-state index in [4.69, 9.17) is 4.74 Å². The number of rotatable bonds is 5. The van der Waals surface area contributed by atoms with E-state index in [-0.39, 0.29) is 24.5 Å². The Morgan fingerprint density at radius 2 is 2.14 bits per heavy atom. The summed E-state index contributed by atoms with van der Waals surface area (Å²) < 4.78 is 5.37. The Balaban J connectivity index is 1.79. The molecule has 1 fully saturated rings. The summed E-state index contributed by atoms with van der Waals surface area (Å²) in [5.74, 6) is 0.280. The molecular formula is C16H23N3O3. The summed E-state index contributed by atoms with van der Waals surface area (Å²) >= 11 is 0. The largest absolute Gasteiger partial charge is 0.484 e. The normalized spacial score (nSPS) is 19.4. The van der Waals surface area contributed by atoms with Crippen molar-refractivity contribution in [3.8, 4) is 5.75 Å². The van der Waals surface area contributed by atoms with Crippen LogP contribution in [0.15, 0.2) is 30.3 Å². The number of nitrogens with one attached hydrogen (secondary N) is 2. The van der Waals surface area contributed by atoms with Crippen molar-refractivity contribution >= 4 is 11.8 Å². The molecule has 1 heterocycles. The van der Waals surface area contributed by atoms with Gasteiger partial charge in [-0.3, -0.25) is 9.59 Å². The number of para-hydroxylation sites is 1. The third kappa shape index (κ3) is 4.46. The van der Waals surface area contributed by atoms with E-state index in [0.717, 1.165) is 13.1 Å². The number of carbonyl (C=O) groups is 2. The van der Waals surface area contributed by atoms with Gasteiger partial charge in [-0.05, 0) is 26.0 Å². The van der Waals surface area contributed by atoms with Gasteiger partial charge < -0.3 is 20.3 Å². The summed E-state index contributed by atoms with van der Waals surface area (Å²) in [5, 5.41) is 5.93. The topological polar surface area (TPSA) is 70.7 Å². The molecule has 1 aliphatic heterocycles. The first-order chi connectivity index (χ1) is 10.6. The Hall–Kier alpha value is -2.08. The van der Waals surface area contributed by atoms with Crippen molar-refractivity contribution in [3.63, 3.8) is 0 Å². The van der Waals surface area contributed by atoms with Crippen LogP contribution in [-0.4, -0.2) is 55.0 Å². The van der Waals surface area contributed by atoms with Gasteiger partial charge >= 0.3 is 0 Å². The van der Waals surface area contributed by atoms with Crippen molar-refractivity contribution in [2.24, 2.45) is 0 Å². The molecule has 1 unspecified atom stereocenters. The SMILES string of the molecule is CC(NC(=O)COc1ccccc1)C(=O)N1CCNC[C@@H]1C. The summed E-state index contributed by atoms with van der Waals surface area (Å²) in [6.45, 7) is 5.84. The van der Waals surface area contributed by atoms with Crippen molar-refractivity contribution in [3.05, 3.63) is 30.3 Å². The zero-order chi connectivity index (χ0) is 15.9. The van der Waals surface area contributed by atoms with E-state index in [0.29, 0.717) is 12.3 Å². The van der Waals surface area contributed by atoms with Crippen LogP contribution in [0.2, 0.25) is 0 Å².